The molecule has 6 heteroatoms. The van der Waals surface area contributed by atoms with Crippen LogP contribution in [0.15, 0.2) is 34.9 Å². The van der Waals surface area contributed by atoms with Crippen molar-refractivity contribution in [3.63, 3.8) is 0 Å². The number of nitrogens with zero attached hydrogens (tertiary/aromatic N) is 2. The Labute approximate surface area is 158 Å². The number of likely N-dealkylation sites (tertiary alicyclic amines) is 1. The Bertz CT molecular complexity index is 944. The highest BCUT2D eigenvalue weighted by molar-refractivity contribution is 6.07. The SMILES string of the molecule is CCOC(=O)Cc1coc2ccc3nc(OCCN4CCCC4)ccc3c12. The van der Waals surface area contributed by atoms with E-state index in [9.17, 15) is 4.79 Å². The summed E-state index contributed by atoms with van der Waals surface area (Å²) in [6.07, 6.45) is 4.38. The predicted octanol–water partition coefficient (Wildman–Crippen LogP) is 3.56. The molecule has 0 amide bonds. The van der Waals surface area contributed by atoms with Crippen molar-refractivity contribution in [2.24, 2.45) is 0 Å². The van der Waals surface area contributed by atoms with Crippen LogP contribution in [0.3, 0.4) is 0 Å². The maximum atomic E-state index is 11.9. The van der Waals surface area contributed by atoms with E-state index < -0.39 is 0 Å². The molecule has 1 aliphatic rings. The molecule has 1 saturated heterocycles. The van der Waals surface area contributed by atoms with Crippen molar-refractivity contribution in [1.82, 2.24) is 9.88 Å². The van der Waals surface area contributed by atoms with Gasteiger partial charge in [-0.2, -0.15) is 0 Å². The van der Waals surface area contributed by atoms with E-state index in [-0.39, 0.29) is 12.4 Å². The van der Waals surface area contributed by atoms with E-state index in [0.29, 0.717) is 19.1 Å². The number of ether oxygens (including phenoxy) is 2. The number of hydrogen-bond donors (Lipinski definition) is 0. The van der Waals surface area contributed by atoms with Crippen molar-refractivity contribution in [1.29, 1.82) is 0 Å². The topological polar surface area (TPSA) is 64.8 Å². The fourth-order valence-corrected chi connectivity index (χ4v) is 3.65. The molecule has 1 fully saturated rings. The average Bonchev–Trinajstić information content (AvgIpc) is 3.32. The Morgan fingerprint density at radius 1 is 1.22 bits per heavy atom. The molecule has 0 atom stereocenters. The smallest absolute Gasteiger partial charge is 0.310 e. The number of pyridine rings is 1. The lowest BCUT2D eigenvalue weighted by molar-refractivity contribution is -0.142. The lowest BCUT2D eigenvalue weighted by Crippen LogP contribution is -2.25. The number of carbonyl (C=O) groups excluding carboxylic acids is 1. The molecule has 0 radical (unpaired) electrons. The summed E-state index contributed by atoms with van der Waals surface area (Å²) in [5, 5.41) is 1.86. The number of furan rings is 1. The lowest BCUT2D eigenvalue weighted by Gasteiger charge is -2.14. The zero-order valence-electron chi connectivity index (χ0n) is 15.6. The van der Waals surface area contributed by atoms with Gasteiger partial charge < -0.3 is 13.9 Å². The minimum Gasteiger partial charge on any atom is -0.476 e. The molecular formula is C21H24N2O4. The number of hydrogen-bond acceptors (Lipinski definition) is 6. The van der Waals surface area contributed by atoms with E-state index in [4.69, 9.17) is 13.9 Å². The largest absolute Gasteiger partial charge is 0.476 e. The van der Waals surface area contributed by atoms with Crippen LogP contribution in [-0.2, 0) is 16.0 Å². The van der Waals surface area contributed by atoms with Crippen LogP contribution in [0.5, 0.6) is 5.88 Å². The Kier molecular flexibility index (Phi) is 5.25. The zero-order valence-corrected chi connectivity index (χ0v) is 15.6. The molecule has 142 valence electrons. The normalized spacial score (nSPS) is 14.9. The summed E-state index contributed by atoms with van der Waals surface area (Å²) < 4.78 is 16.5. The van der Waals surface area contributed by atoms with Gasteiger partial charge in [-0.15, -0.1) is 0 Å². The second-order valence-electron chi connectivity index (χ2n) is 6.79. The molecule has 0 N–H and O–H groups in total. The van der Waals surface area contributed by atoms with Gasteiger partial charge in [0, 0.05) is 28.9 Å². The van der Waals surface area contributed by atoms with Gasteiger partial charge in [-0.1, -0.05) is 0 Å². The summed E-state index contributed by atoms with van der Waals surface area (Å²) >= 11 is 0. The molecule has 0 unspecified atom stereocenters. The van der Waals surface area contributed by atoms with Gasteiger partial charge in [-0.05, 0) is 51.1 Å². The first-order chi connectivity index (χ1) is 13.2. The molecule has 0 bridgehead atoms. The molecule has 0 saturated carbocycles. The highest BCUT2D eigenvalue weighted by Crippen LogP contribution is 2.30. The molecule has 0 aliphatic carbocycles. The summed E-state index contributed by atoms with van der Waals surface area (Å²) in [6.45, 7) is 6.07. The van der Waals surface area contributed by atoms with Crippen molar-refractivity contribution >= 4 is 27.8 Å². The van der Waals surface area contributed by atoms with Gasteiger partial charge in [0.1, 0.15) is 12.2 Å². The molecule has 3 aromatic rings. The molecule has 6 nitrogen and oxygen atoms in total. The first-order valence-electron chi connectivity index (χ1n) is 9.55. The average molecular weight is 368 g/mol. The Balaban J connectivity index is 1.54. The summed E-state index contributed by atoms with van der Waals surface area (Å²) in [6, 6.07) is 7.67. The Morgan fingerprint density at radius 2 is 2.07 bits per heavy atom. The molecule has 3 heterocycles. The van der Waals surface area contributed by atoms with Gasteiger partial charge in [-0.3, -0.25) is 9.69 Å². The standard InChI is InChI=1S/C21H24N2O4/c1-2-25-20(24)13-15-14-27-18-7-6-17-16(21(15)18)5-8-19(22-17)26-12-11-23-9-3-4-10-23/h5-8,14H,2-4,9-13H2,1H3. The van der Waals surface area contributed by atoms with Crippen LogP contribution in [0.1, 0.15) is 25.3 Å². The third-order valence-corrected chi connectivity index (χ3v) is 4.95. The van der Waals surface area contributed by atoms with Crippen molar-refractivity contribution < 1.29 is 18.7 Å². The number of fused-ring (bicyclic) bond motifs is 3. The number of benzene rings is 1. The van der Waals surface area contributed by atoms with Gasteiger partial charge in [0.05, 0.1) is 24.8 Å². The first kappa shape index (κ1) is 17.8. The van der Waals surface area contributed by atoms with E-state index in [1.807, 2.05) is 24.3 Å². The van der Waals surface area contributed by atoms with Crippen molar-refractivity contribution in [3.8, 4) is 5.88 Å². The first-order valence-corrected chi connectivity index (χ1v) is 9.55. The highest BCUT2D eigenvalue weighted by atomic mass is 16.5. The zero-order chi connectivity index (χ0) is 18.6. The maximum Gasteiger partial charge on any atom is 0.310 e. The Hall–Kier alpha value is -2.60. The predicted molar refractivity (Wildman–Crippen MR) is 103 cm³/mol. The van der Waals surface area contributed by atoms with Crippen molar-refractivity contribution in [2.45, 2.75) is 26.2 Å². The van der Waals surface area contributed by atoms with Gasteiger partial charge in [0.2, 0.25) is 5.88 Å². The highest BCUT2D eigenvalue weighted by Gasteiger charge is 2.15. The van der Waals surface area contributed by atoms with Gasteiger partial charge in [-0.25, -0.2) is 4.98 Å². The second kappa shape index (κ2) is 7.96. The molecule has 2 aromatic heterocycles. The quantitative estimate of drug-likeness (QED) is 0.594. The van der Waals surface area contributed by atoms with Crippen LogP contribution >= 0.6 is 0 Å². The molecule has 1 aromatic carbocycles. The van der Waals surface area contributed by atoms with Crippen LogP contribution < -0.4 is 4.74 Å². The number of esters is 1. The van der Waals surface area contributed by atoms with E-state index in [1.54, 1.807) is 13.2 Å². The van der Waals surface area contributed by atoms with Crippen molar-refractivity contribution in [3.05, 3.63) is 36.1 Å². The fraction of sp³-hybridized carbons (Fsp3) is 0.429. The van der Waals surface area contributed by atoms with Crippen LogP contribution in [0.4, 0.5) is 0 Å². The summed E-state index contributed by atoms with van der Waals surface area (Å²) in [7, 11) is 0. The van der Waals surface area contributed by atoms with E-state index in [0.717, 1.165) is 47.1 Å². The minimum atomic E-state index is -0.257. The molecule has 4 rings (SSSR count). The van der Waals surface area contributed by atoms with Gasteiger partial charge >= 0.3 is 5.97 Å². The van der Waals surface area contributed by atoms with Crippen molar-refractivity contribution in [2.75, 3.05) is 32.8 Å². The maximum absolute atomic E-state index is 11.9. The number of rotatable bonds is 7. The monoisotopic (exact) mass is 368 g/mol. The van der Waals surface area contributed by atoms with Gasteiger partial charge in [0.25, 0.3) is 0 Å². The third kappa shape index (κ3) is 3.90. The van der Waals surface area contributed by atoms with E-state index in [2.05, 4.69) is 9.88 Å². The molecular weight excluding hydrogens is 344 g/mol. The summed E-state index contributed by atoms with van der Waals surface area (Å²) in [5.74, 6) is 0.364. The molecule has 27 heavy (non-hydrogen) atoms. The van der Waals surface area contributed by atoms with E-state index >= 15 is 0 Å². The summed E-state index contributed by atoms with van der Waals surface area (Å²) in [5.41, 5.74) is 2.39. The van der Waals surface area contributed by atoms with Crippen LogP contribution in [0.2, 0.25) is 0 Å². The Morgan fingerprint density at radius 3 is 2.89 bits per heavy atom. The molecule has 1 aliphatic heterocycles. The summed E-state index contributed by atoms with van der Waals surface area (Å²) in [4.78, 5) is 18.9. The molecule has 0 spiro atoms. The third-order valence-electron chi connectivity index (χ3n) is 4.95. The fourth-order valence-electron chi connectivity index (χ4n) is 3.65. The minimum absolute atomic E-state index is 0.189. The second-order valence-corrected chi connectivity index (χ2v) is 6.79. The van der Waals surface area contributed by atoms with E-state index in [1.165, 1.54) is 12.8 Å². The van der Waals surface area contributed by atoms with Crippen LogP contribution in [0.25, 0.3) is 21.9 Å². The van der Waals surface area contributed by atoms with Crippen LogP contribution in [0, 0.1) is 0 Å². The van der Waals surface area contributed by atoms with Gasteiger partial charge in [0.15, 0.2) is 0 Å². The number of carbonyl (C=O) groups is 1. The number of aromatic nitrogens is 1. The van der Waals surface area contributed by atoms with Crippen LogP contribution in [-0.4, -0.2) is 48.7 Å². The lowest BCUT2D eigenvalue weighted by atomic mass is 10.1.